The van der Waals surface area contributed by atoms with E-state index in [1.54, 1.807) is 23.7 Å². The lowest BCUT2D eigenvalue weighted by molar-refractivity contribution is 0.629. The van der Waals surface area contributed by atoms with Crippen LogP contribution in [-0.2, 0) is 0 Å². The Morgan fingerprint density at radius 3 is 2.52 bits per heavy atom. The molecule has 0 saturated carbocycles. The van der Waals surface area contributed by atoms with Crippen molar-refractivity contribution in [2.24, 2.45) is 0 Å². The van der Waals surface area contributed by atoms with Crippen LogP contribution in [-0.4, -0.2) is 24.9 Å². The number of pyridine rings is 1. The highest BCUT2D eigenvalue weighted by Crippen LogP contribution is 2.35. The van der Waals surface area contributed by atoms with Crippen molar-refractivity contribution in [1.29, 1.82) is 0 Å². The standard InChI is InChI=1S/C16H16N4S.C5H3N/c1-5-11-6-9-21-14(11)13-15(19-16(2,3)4)20-8-7-17-10-12(20)18-13;1-4-2-6-3-5(1)4/h1,6-10,19H,2-4H3;1-3H. The average molecular weight is 373 g/mol. The van der Waals surface area contributed by atoms with Crippen molar-refractivity contribution in [3.05, 3.63) is 54.1 Å². The first kappa shape index (κ1) is 17.3. The first-order chi connectivity index (χ1) is 13.0. The van der Waals surface area contributed by atoms with Crippen molar-refractivity contribution in [2.45, 2.75) is 26.3 Å². The summed E-state index contributed by atoms with van der Waals surface area (Å²) in [6, 6.07) is 4.05. The number of rotatable bonds is 2. The van der Waals surface area contributed by atoms with E-state index in [4.69, 9.17) is 11.4 Å². The van der Waals surface area contributed by atoms with Crippen molar-refractivity contribution in [3.63, 3.8) is 0 Å². The second kappa shape index (κ2) is 6.53. The maximum absolute atomic E-state index is 5.59. The Bertz CT molecular complexity index is 1140. The van der Waals surface area contributed by atoms with E-state index in [1.807, 2.05) is 34.4 Å². The maximum Gasteiger partial charge on any atom is 0.157 e. The molecule has 0 unspecified atom stereocenters. The molecule has 4 heterocycles. The molecule has 0 spiro atoms. The molecular weight excluding hydrogens is 354 g/mol. The van der Waals surface area contributed by atoms with Gasteiger partial charge >= 0.3 is 0 Å². The van der Waals surface area contributed by atoms with Gasteiger partial charge in [-0.25, -0.2) is 4.98 Å². The van der Waals surface area contributed by atoms with Crippen molar-refractivity contribution in [1.82, 2.24) is 19.4 Å². The number of hydrogen-bond donors (Lipinski definition) is 1. The summed E-state index contributed by atoms with van der Waals surface area (Å²) >= 11 is 1.60. The molecule has 1 aliphatic carbocycles. The minimum Gasteiger partial charge on any atom is -0.365 e. The van der Waals surface area contributed by atoms with E-state index in [-0.39, 0.29) is 5.54 Å². The van der Waals surface area contributed by atoms with Crippen LogP contribution in [0.5, 0.6) is 0 Å². The van der Waals surface area contributed by atoms with Crippen LogP contribution in [0.25, 0.3) is 27.3 Å². The summed E-state index contributed by atoms with van der Waals surface area (Å²) in [6.45, 7) is 6.36. The third kappa shape index (κ3) is 3.55. The fourth-order valence-corrected chi connectivity index (χ4v) is 3.55. The number of terminal acetylenes is 1. The van der Waals surface area contributed by atoms with Gasteiger partial charge in [0.2, 0.25) is 0 Å². The summed E-state index contributed by atoms with van der Waals surface area (Å²) < 4.78 is 2.01. The third-order valence-corrected chi connectivity index (χ3v) is 4.87. The smallest absolute Gasteiger partial charge is 0.157 e. The van der Waals surface area contributed by atoms with Crippen LogP contribution in [0, 0.1) is 12.3 Å². The summed E-state index contributed by atoms with van der Waals surface area (Å²) in [5.74, 6) is 3.67. The lowest BCUT2D eigenvalue weighted by Gasteiger charge is -2.22. The molecule has 1 N–H and O–H groups in total. The molecular formula is C21H19N5S. The number of fused-ring (bicyclic) bond motifs is 2. The lowest BCUT2D eigenvalue weighted by atomic mass is 10.1. The van der Waals surface area contributed by atoms with Gasteiger partial charge in [0.05, 0.1) is 11.1 Å². The lowest BCUT2D eigenvalue weighted by Crippen LogP contribution is -2.27. The Morgan fingerprint density at radius 1 is 1.15 bits per heavy atom. The van der Waals surface area contributed by atoms with Crippen LogP contribution in [0.1, 0.15) is 26.3 Å². The van der Waals surface area contributed by atoms with Crippen molar-refractivity contribution >= 4 is 22.8 Å². The van der Waals surface area contributed by atoms with E-state index in [9.17, 15) is 0 Å². The molecule has 1 aliphatic heterocycles. The molecule has 5 nitrogen and oxygen atoms in total. The van der Waals surface area contributed by atoms with E-state index in [1.165, 1.54) is 11.1 Å². The molecule has 134 valence electrons. The first-order valence-corrected chi connectivity index (χ1v) is 9.44. The zero-order valence-electron chi connectivity index (χ0n) is 15.4. The summed E-state index contributed by atoms with van der Waals surface area (Å²) in [5, 5.41) is 5.52. The quantitative estimate of drug-likeness (QED) is 0.455. The van der Waals surface area contributed by atoms with E-state index < -0.39 is 0 Å². The number of anilines is 1. The zero-order valence-corrected chi connectivity index (χ0v) is 16.2. The highest BCUT2D eigenvalue weighted by Gasteiger charge is 2.21. The normalized spacial score (nSPS) is 11.5. The van der Waals surface area contributed by atoms with Crippen molar-refractivity contribution < 1.29 is 0 Å². The minimum atomic E-state index is -0.0818. The van der Waals surface area contributed by atoms with Gasteiger partial charge in [-0.05, 0) is 38.3 Å². The molecule has 3 aromatic heterocycles. The van der Waals surface area contributed by atoms with Gasteiger partial charge in [-0.2, -0.15) is 0 Å². The zero-order chi connectivity index (χ0) is 19.0. The molecule has 0 bridgehead atoms. The average Bonchev–Trinajstić information content (AvgIpc) is 3.02. The van der Waals surface area contributed by atoms with Gasteiger partial charge in [0.1, 0.15) is 11.5 Å². The summed E-state index contributed by atoms with van der Waals surface area (Å²) in [6.07, 6.45) is 14.7. The number of imidazole rings is 1. The van der Waals surface area contributed by atoms with Gasteiger partial charge in [-0.15, -0.1) is 17.8 Å². The monoisotopic (exact) mass is 373 g/mol. The fourth-order valence-electron chi connectivity index (χ4n) is 2.70. The van der Waals surface area contributed by atoms with Crippen LogP contribution in [0.4, 0.5) is 5.82 Å². The topological polar surface area (TPSA) is 55.1 Å². The predicted molar refractivity (Wildman–Crippen MR) is 111 cm³/mol. The minimum absolute atomic E-state index is 0.0818. The van der Waals surface area contributed by atoms with E-state index in [2.05, 4.69) is 48.0 Å². The predicted octanol–water partition coefficient (Wildman–Crippen LogP) is 4.71. The third-order valence-electron chi connectivity index (χ3n) is 3.95. The number of hydrogen-bond acceptors (Lipinski definition) is 5. The SMILES string of the molecule is C#Cc1ccsc1-c1nc2cnccn2c1NC(C)(C)C.c1ncc2cc1-2. The van der Waals surface area contributed by atoms with Gasteiger partial charge in [-0.3, -0.25) is 14.4 Å². The first-order valence-electron chi connectivity index (χ1n) is 8.56. The van der Waals surface area contributed by atoms with Crippen molar-refractivity contribution in [3.8, 4) is 34.0 Å². The highest BCUT2D eigenvalue weighted by molar-refractivity contribution is 7.13. The molecule has 5 rings (SSSR count). The van der Waals surface area contributed by atoms with Gasteiger partial charge in [0, 0.05) is 47.0 Å². The van der Waals surface area contributed by atoms with Crippen LogP contribution < -0.4 is 5.32 Å². The second-order valence-electron chi connectivity index (χ2n) is 7.26. The summed E-state index contributed by atoms with van der Waals surface area (Å²) in [4.78, 5) is 13.7. The molecule has 0 radical (unpaired) electrons. The Balaban J connectivity index is 0.000000250. The number of thiophene rings is 1. The number of nitrogens with zero attached hydrogens (tertiary/aromatic N) is 4. The van der Waals surface area contributed by atoms with E-state index >= 15 is 0 Å². The maximum atomic E-state index is 5.59. The Morgan fingerprint density at radius 2 is 1.93 bits per heavy atom. The molecule has 6 heteroatoms. The second-order valence-corrected chi connectivity index (χ2v) is 8.17. The molecule has 0 atom stereocenters. The molecule has 0 amide bonds. The molecule has 2 aliphatic rings. The Labute approximate surface area is 162 Å². The van der Waals surface area contributed by atoms with Gasteiger partial charge in [-0.1, -0.05) is 5.92 Å². The molecule has 0 saturated heterocycles. The van der Waals surface area contributed by atoms with Gasteiger partial charge in [0.15, 0.2) is 5.65 Å². The van der Waals surface area contributed by atoms with Crippen LogP contribution >= 0.6 is 11.3 Å². The Hall–Kier alpha value is -3.17. The van der Waals surface area contributed by atoms with E-state index in [0.29, 0.717) is 0 Å². The Kier molecular flexibility index (Phi) is 4.17. The fraction of sp³-hybridized carbons (Fsp3) is 0.190. The summed E-state index contributed by atoms with van der Waals surface area (Å²) in [7, 11) is 0. The largest absolute Gasteiger partial charge is 0.365 e. The van der Waals surface area contributed by atoms with Gasteiger partial charge in [0.25, 0.3) is 0 Å². The van der Waals surface area contributed by atoms with Crippen LogP contribution in [0.2, 0.25) is 0 Å². The highest BCUT2D eigenvalue weighted by atomic mass is 32.1. The number of nitrogens with one attached hydrogen (secondary N) is 1. The molecule has 0 aromatic carbocycles. The van der Waals surface area contributed by atoms with Crippen LogP contribution in [0.15, 0.2) is 48.5 Å². The van der Waals surface area contributed by atoms with E-state index in [0.717, 1.165) is 27.6 Å². The molecule has 27 heavy (non-hydrogen) atoms. The van der Waals surface area contributed by atoms with Crippen LogP contribution in [0.3, 0.4) is 0 Å². The molecule has 3 aromatic rings. The number of aromatic nitrogens is 4. The van der Waals surface area contributed by atoms with Gasteiger partial charge < -0.3 is 5.32 Å². The molecule has 0 fully saturated rings. The summed E-state index contributed by atoms with van der Waals surface area (Å²) in [5.41, 5.74) is 5.09. The van der Waals surface area contributed by atoms with Crippen molar-refractivity contribution in [2.75, 3.05) is 5.32 Å².